The monoisotopic (exact) mass is 194 g/mol. The third kappa shape index (κ3) is 2.81. The summed E-state index contributed by atoms with van der Waals surface area (Å²) in [5.74, 6) is -1.35. The molecule has 2 amide bonds. The number of carbonyl (C=O) groups excluding carboxylic acids is 2. The van der Waals surface area contributed by atoms with Gasteiger partial charge in [0.2, 0.25) is 5.95 Å². The summed E-state index contributed by atoms with van der Waals surface area (Å²) in [7, 11) is 0. The molecule has 0 saturated heterocycles. The fraction of sp³-hybridized carbons (Fsp3) is 0.250. The first-order valence-corrected chi connectivity index (χ1v) is 4.10. The molecular weight excluding hydrogens is 184 g/mol. The third-order valence-corrected chi connectivity index (χ3v) is 1.33. The molecule has 0 radical (unpaired) electrons. The molecule has 2 N–H and O–H groups in total. The van der Waals surface area contributed by atoms with Gasteiger partial charge in [-0.15, -0.1) is 0 Å². The summed E-state index contributed by atoms with van der Waals surface area (Å²) in [4.78, 5) is 29.5. The molecule has 74 valence electrons. The van der Waals surface area contributed by atoms with E-state index in [1.54, 1.807) is 13.0 Å². The summed E-state index contributed by atoms with van der Waals surface area (Å²) in [5.41, 5.74) is 0. The van der Waals surface area contributed by atoms with E-state index in [4.69, 9.17) is 0 Å². The normalized spacial score (nSPS) is 9.21. The molecule has 0 atom stereocenters. The van der Waals surface area contributed by atoms with Crippen molar-refractivity contribution in [1.82, 2.24) is 15.3 Å². The summed E-state index contributed by atoms with van der Waals surface area (Å²) in [5, 5.41) is 4.61. The van der Waals surface area contributed by atoms with E-state index in [1.165, 1.54) is 12.4 Å². The molecule has 0 aliphatic heterocycles. The number of nitrogens with one attached hydrogen (secondary N) is 2. The minimum absolute atomic E-state index is 0.115. The second-order valence-electron chi connectivity index (χ2n) is 2.39. The maximum absolute atomic E-state index is 11.1. The van der Waals surface area contributed by atoms with Crippen molar-refractivity contribution in [3.05, 3.63) is 18.5 Å². The van der Waals surface area contributed by atoms with Crippen LogP contribution in [0.3, 0.4) is 0 Å². The van der Waals surface area contributed by atoms with E-state index in [-0.39, 0.29) is 5.95 Å². The van der Waals surface area contributed by atoms with Crippen LogP contribution in [-0.4, -0.2) is 28.3 Å². The molecule has 0 bridgehead atoms. The zero-order valence-corrected chi connectivity index (χ0v) is 7.65. The number of hydrogen-bond acceptors (Lipinski definition) is 4. The van der Waals surface area contributed by atoms with Gasteiger partial charge in [0.05, 0.1) is 0 Å². The number of anilines is 1. The number of aromatic nitrogens is 2. The van der Waals surface area contributed by atoms with Gasteiger partial charge in [-0.05, 0) is 13.0 Å². The molecule has 0 aromatic carbocycles. The fourth-order valence-corrected chi connectivity index (χ4v) is 0.763. The first-order valence-electron chi connectivity index (χ1n) is 4.10. The molecule has 0 unspecified atom stereocenters. The Bertz CT molecular complexity index is 325. The number of amides is 2. The van der Waals surface area contributed by atoms with Crippen molar-refractivity contribution in [1.29, 1.82) is 0 Å². The Morgan fingerprint density at radius 1 is 1.29 bits per heavy atom. The van der Waals surface area contributed by atoms with E-state index >= 15 is 0 Å². The molecule has 1 aromatic rings. The van der Waals surface area contributed by atoms with Crippen LogP contribution in [-0.2, 0) is 9.59 Å². The lowest BCUT2D eigenvalue weighted by molar-refractivity contribution is -0.136. The molecule has 14 heavy (non-hydrogen) atoms. The van der Waals surface area contributed by atoms with Crippen molar-refractivity contribution in [2.75, 3.05) is 11.9 Å². The lowest BCUT2D eigenvalue weighted by atomic mass is 10.5. The predicted octanol–water partition coefficient (Wildman–Crippen LogP) is -0.449. The highest BCUT2D eigenvalue weighted by atomic mass is 16.2. The maximum Gasteiger partial charge on any atom is 0.316 e. The molecular formula is C8H10N4O2. The van der Waals surface area contributed by atoms with Gasteiger partial charge in [-0.25, -0.2) is 9.97 Å². The average molecular weight is 194 g/mol. The number of likely N-dealkylation sites (N-methyl/N-ethyl adjacent to an activating group) is 1. The lowest BCUT2D eigenvalue weighted by Gasteiger charge is -2.01. The van der Waals surface area contributed by atoms with Crippen LogP contribution in [0.4, 0.5) is 5.95 Å². The minimum atomic E-state index is -0.766. The van der Waals surface area contributed by atoms with Crippen LogP contribution in [0.5, 0.6) is 0 Å². The largest absolute Gasteiger partial charge is 0.348 e. The van der Waals surface area contributed by atoms with E-state index in [1.807, 2.05) is 0 Å². The van der Waals surface area contributed by atoms with Crippen LogP contribution in [0.25, 0.3) is 0 Å². The summed E-state index contributed by atoms with van der Waals surface area (Å²) in [6.45, 7) is 2.13. The van der Waals surface area contributed by atoms with Crippen molar-refractivity contribution in [3.63, 3.8) is 0 Å². The highest BCUT2D eigenvalue weighted by Crippen LogP contribution is 1.92. The molecule has 1 aromatic heterocycles. The van der Waals surface area contributed by atoms with Crippen LogP contribution >= 0.6 is 0 Å². The summed E-state index contributed by atoms with van der Waals surface area (Å²) in [6.07, 6.45) is 2.95. The van der Waals surface area contributed by atoms with Gasteiger partial charge in [0, 0.05) is 18.9 Å². The average Bonchev–Trinajstić information content (AvgIpc) is 2.19. The van der Waals surface area contributed by atoms with Crippen molar-refractivity contribution in [2.24, 2.45) is 0 Å². The van der Waals surface area contributed by atoms with Gasteiger partial charge in [0.1, 0.15) is 0 Å². The van der Waals surface area contributed by atoms with Gasteiger partial charge in [-0.1, -0.05) is 0 Å². The van der Waals surface area contributed by atoms with E-state index in [0.29, 0.717) is 6.54 Å². The second-order valence-corrected chi connectivity index (χ2v) is 2.39. The van der Waals surface area contributed by atoms with E-state index in [0.717, 1.165) is 0 Å². The van der Waals surface area contributed by atoms with Gasteiger partial charge >= 0.3 is 11.8 Å². The highest BCUT2D eigenvalue weighted by molar-refractivity contribution is 6.39. The first kappa shape index (κ1) is 10.1. The summed E-state index contributed by atoms with van der Waals surface area (Å²) in [6, 6.07) is 1.61. The first-order chi connectivity index (χ1) is 6.74. The SMILES string of the molecule is CCNC(=O)C(=O)Nc1ncccn1. The topological polar surface area (TPSA) is 84.0 Å². The van der Waals surface area contributed by atoms with Gasteiger partial charge in [-0.3, -0.25) is 14.9 Å². The smallest absolute Gasteiger partial charge is 0.316 e. The lowest BCUT2D eigenvalue weighted by Crippen LogP contribution is -2.35. The Labute approximate surface area is 80.8 Å². The van der Waals surface area contributed by atoms with Gasteiger partial charge in [0.25, 0.3) is 0 Å². The number of rotatable bonds is 2. The molecule has 1 heterocycles. The van der Waals surface area contributed by atoms with Crippen molar-refractivity contribution < 1.29 is 9.59 Å². The third-order valence-electron chi connectivity index (χ3n) is 1.33. The highest BCUT2D eigenvalue weighted by Gasteiger charge is 2.12. The zero-order chi connectivity index (χ0) is 10.4. The molecule has 1 rings (SSSR count). The van der Waals surface area contributed by atoms with E-state index in [9.17, 15) is 9.59 Å². The minimum Gasteiger partial charge on any atom is -0.348 e. The fourth-order valence-electron chi connectivity index (χ4n) is 0.763. The Hall–Kier alpha value is -1.98. The standard InChI is InChI=1S/C8H10N4O2/c1-2-9-6(13)7(14)12-8-10-4-3-5-11-8/h3-5H,2H2,1H3,(H,9,13)(H,10,11,12,14). The quantitative estimate of drug-likeness (QED) is 0.624. The van der Waals surface area contributed by atoms with Crippen LogP contribution in [0.2, 0.25) is 0 Å². The number of nitrogens with zero attached hydrogens (tertiary/aromatic N) is 2. The second kappa shape index (κ2) is 4.90. The van der Waals surface area contributed by atoms with Crippen molar-refractivity contribution in [3.8, 4) is 0 Å². The number of hydrogen-bond donors (Lipinski definition) is 2. The van der Waals surface area contributed by atoms with Crippen LogP contribution in [0, 0.1) is 0 Å². The molecule has 6 nitrogen and oxygen atoms in total. The predicted molar refractivity (Wildman–Crippen MR) is 49.3 cm³/mol. The van der Waals surface area contributed by atoms with Crippen LogP contribution < -0.4 is 10.6 Å². The molecule has 6 heteroatoms. The summed E-state index contributed by atoms with van der Waals surface area (Å²) >= 11 is 0. The van der Waals surface area contributed by atoms with Gasteiger partial charge in [0.15, 0.2) is 0 Å². The molecule has 0 spiro atoms. The Morgan fingerprint density at radius 2 is 1.93 bits per heavy atom. The summed E-state index contributed by atoms with van der Waals surface area (Å²) < 4.78 is 0. The van der Waals surface area contributed by atoms with Crippen LogP contribution in [0.1, 0.15) is 6.92 Å². The molecule has 0 saturated carbocycles. The van der Waals surface area contributed by atoms with Crippen LogP contribution in [0.15, 0.2) is 18.5 Å². The Kier molecular flexibility index (Phi) is 3.54. The van der Waals surface area contributed by atoms with Crippen molar-refractivity contribution >= 4 is 17.8 Å². The van der Waals surface area contributed by atoms with Crippen molar-refractivity contribution in [2.45, 2.75) is 6.92 Å². The van der Waals surface area contributed by atoms with E-state index in [2.05, 4.69) is 20.6 Å². The zero-order valence-electron chi connectivity index (χ0n) is 7.65. The molecule has 0 fully saturated rings. The number of carbonyl (C=O) groups is 2. The van der Waals surface area contributed by atoms with Gasteiger partial charge in [-0.2, -0.15) is 0 Å². The Balaban J connectivity index is 2.53. The Morgan fingerprint density at radius 3 is 2.50 bits per heavy atom. The van der Waals surface area contributed by atoms with E-state index < -0.39 is 11.8 Å². The molecule has 0 aliphatic carbocycles. The van der Waals surface area contributed by atoms with Gasteiger partial charge < -0.3 is 5.32 Å². The molecule has 0 aliphatic rings. The maximum atomic E-state index is 11.1.